The predicted octanol–water partition coefficient (Wildman–Crippen LogP) is 0.302. The van der Waals surface area contributed by atoms with E-state index in [1.807, 2.05) is 0 Å². The molecule has 1 aliphatic carbocycles. The van der Waals surface area contributed by atoms with Crippen molar-refractivity contribution in [3.05, 3.63) is 0 Å². The number of rotatable bonds is 0. The van der Waals surface area contributed by atoms with Crippen LogP contribution in [0.2, 0.25) is 0 Å². The minimum atomic E-state index is -2.69. The van der Waals surface area contributed by atoms with Gasteiger partial charge in [-0.05, 0) is 31.1 Å². The first-order valence-corrected chi connectivity index (χ1v) is 6.30. The normalized spacial score (nSPS) is 33.1. The first kappa shape index (κ1) is 8.51. The third kappa shape index (κ3) is 1.38. The molecule has 0 aromatic carbocycles. The molecule has 12 heavy (non-hydrogen) atoms. The maximum absolute atomic E-state index is 11.1. The highest BCUT2D eigenvalue weighted by Gasteiger charge is 2.45. The molecule has 2 fully saturated rings. The molecule has 0 amide bonds. The number of hydrogen-bond donors (Lipinski definition) is 1. The summed E-state index contributed by atoms with van der Waals surface area (Å²) in [5, 5.41) is 0. The molecule has 2 rings (SSSR count). The van der Waals surface area contributed by atoms with Crippen LogP contribution < -0.4 is 5.73 Å². The van der Waals surface area contributed by atoms with Gasteiger partial charge < -0.3 is 5.73 Å². The second kappa shape index (κ2) is 2.45. The van der Waals surface area contributed by atoms with E-state index in [-0.39, 0.29) is 0 Å². The van der Waals surface area contributed by atoms with Gasteiger partial charge in [-0.1, -0.05) is 0 Å². The van der Waals surface area contributed by atoms with Crippen LogP contribution in [0.3, 0.4) is 0 Å². The monoisotopic (exact) mass is 189 g/mol. The molecule has 1 heterocycles. The van der Waals surface area contributed by atoms with Crippen molar-refractivity contribution >= 4 is 9.84 Å². The van der Waals surface area contributed by atoms with Crippen molar-refractivity contribution in [2.24, 2.45) is 11.1 Å². The summed E-state index contributed by atoms with van der Waals surface area (Å²) in [4.78, 5) is 0. The molecule has 1 aliphatic heterocycles. The molecule has 2 N–H and O–H groups in total. The highest BCUT2D eigenvalue weighted by Crippen LogP contribution is 2.48. The van der Waals surface area contributed by atoms with Gasteiger partial charge in [-0.15, -0.1) is 0 Å². The summed E-state index contributed by atoms with van der Waals surface area (Å²) >= 11 is 0. The minimum Gasteiger partial charge on any atom is -0.328 e. The molecule has 4 heteroatoms. The lowest BCUT2D eigenvalue weighted by atomic mass is 9.62. The van der Waals surface area contributed by atoms with Crippen LogP contribution in [-0.4, -0.2) is 26.0 Å². The second-order valence-electron chi connectivity index (χ2n) is 4.32. The zero-order chi connectivity index (χ0) is 8.82. The van der Waals surface area contributed by atoms with E-state index >= 15 is 0 Å². The van der Waals surface area contributed by atoms with Gasteiger partial charge in [0.15, 0.2) is 0 Å². The Morgan fingerprint density at radius 1 is 1.17 bits per heavy atom. The van der Waals surface area contributed by atoms with E-state index in [9.17, 15) is 8.42 Å². The molecular weight excluding hydrogens is 174 g/mol. The van der Waals surface area contributed by atoms with Gasteiger partial charge in [-0.25, -0.2) is 8.42 Å². The van der Waals surface area contributed by atoms with Gasteiger partial charge in [-0.2, -0.15) is 0 Å². The molecule has 0 aromatic rings. The Morgan fingerprint density at radius 2 is 1.67 bits per heavy atom. The predicted molar refractivity (Wildman–Crippen MR) is 47.5 cm³/mol. The number of nitrogens with two attached hydrogens (primary N) is 1. The maximum atomic E-state index is 11.1. The van der Waals surface area contributed by atoms with Gasteiger partial charge in [-0.3, -0.25) is 0 Å². The van der Waals surface area contributed by atoms with Crippen molar-refractivity contribution in [3.63, 3.8) is 0 Å². The molecule has 1 saturated carbocycles. The van der Waals surface area contributed by atoms with Crippen molar-refractivity contribution in [3.8, 4) is 0 Å². The van der Waals surface area contributed by atoms with Gasteiger partial charge in [0.1, 0.15) is 9.84 Å². The van der Waals surface area contributed by atoms with Gasteiger partial charge >= 0.3 is 0 Å². The fourth-order valence-electron chi connectivity index (χ4n) is 2.43. The van der Waals surface area contributed by atoms with Crippen LogP contribution in [0.4, 0.5) is 0 Å². The molecule has 0 unspecified atom stereocenters. The smallest absolute Gasteiger partial charge is 0.150 e. The molecule has 0 aromatic heterocycles. The lowest BCUT2D eigenvalue weighted by molar-refractivity contribution is 0.0904. The van der Waals surface area contributed by atoms with E-state index in [0.717, 1.165) is 25.7 Å². The summed E-state index contributed by atoms with van der Waals surface area (Å²) in [6.45, 7) is 0. The quantitative estimate of drug-likeness (QED) is 0.596. The number of hydrogen-bond acceptors (Lipinski definition) is 3. The van der Waals surface area contributed by atoms with Crippen molar-refractivity contribution in [1.29, 1.82) is 0 Å². The van der Waals surface area contributed by atoms with Crippen LogP contribution in [0.1, 0.15) is 25.7 Å². The van der Waals surface area contributed by atoms with Crippen LogP contribution in [-0.2, 0) is 9.84 Å². The molecule has 0 radical (unpaired) electrons. The number of sulfone groups is 1. The third-order valence-electron chi connectivity index (χ3n) is 3.28. The van der Waals surface area contributed by atoms with E-state index in [1.165, 1.54) is 0 Å². The van der Waals surface area contributed by atoms with E-state index < -0.39 is 9.84 Å². The van der Waals surface area contributed by atoms with Gasteiger partial charge in [0.25, 0.3) is 0 Å². The van der Waals surface area contributed by atoms with E-state index in [0.29, 0.717) is 23.0 Å². The maximum Gasteiger partial charge on any atom is 0.150 e. The fraction of sp³-hybridized carbons (Fsp3) is 1.00. The largest absolute Gasteiger partial charge is 0.328 e. The Labute approximate surface area is 73.2 Å². The zero-order valence-corrected chi connectivity index (χ0v) is 7.94. The molecule has 0 atom stereocenters. The summed E-state index contributed by atoms with van der Waals surface area (Å²) in [6.07, 6.45) is 3.79. The van der Waals surface area contributed by atoms with Crippen LogP contribution in [0.25, 0.3) is 0 Å². The third-order valence-corrected chi connectivity index (χ3v) is 4.93. The van der Waals surface area contributed by atoms with Crippen molar-refractivity contribution < 1.29 is 8.42 Å². The Bertz CT molecular complexity index is 261. The van der Waals surface area contributed by atoms with Crippen molar-refractivity contribution in [2.75, 3.05) is 11.5 Å². The van der Waals surface area contributed by atoms with Gasteiger partial charge in [0, 0.05) is 6.04 Å². The summed E-state index contributed by atoms with van der Waals surface area (Å²) in [5.41, 5.74) is 6.03. The van der Waals surface area contributed by atoms with Crippen molar-refractivity contribution in [1.82, 2.24) is 0 Å². The molecule has 1 saturated heterocycles. The highest BCUT2D eigenvalue weighted by molar-refractivity contribution is 7.91. The molecule has 2 aliphatic rings. The summed E-state index contributed by atoms with van der Waals surface area (Å²) < 4.78 is 22.3. The Kier molecular flexibility index (Phi) is 1.74. The van der Waals surface area contributed by atoms with Crippen LogP contribution in [0, 0.1) is 5.41 Å². The van der Waals surface area contributed by atoms with Gasteiger partial charge in [0.2, 0.25) is 0 Å². The summed E-state index contributed by atoms with van der Waals surface area (Å²) in [6, 6.07) is 0.339. The Balaban J connectivity index is 2.00. The minimum absolute atomic E-state index is 0.324. The Hall–Kier alpha value is -0.0900. The molecular formula is C8H15NO2S. The first-order valence-electron chi connectivity index (χ1n) is 4.47. The zero-order valence-electron chi connectivity index (χ0n) is 7.12. The lowest BCUT2D eigenvalue weighted by Crippen LogP contribution is -2.49. The van der Waals surface area contributed by atoms with Crippen LogP contribution in [0.15, 0.2) is 0 Å². The van der Waals surface area contributed by atoms with Crippen LogP contribution >= 0.6 is 0 Å². The topological polar surface area (TPSA) is 60.2 Å². The van der Waals surface area contributed by atoms with E-state index in [4.69, 9.17) is 5.73 Å². The summed E-state index contributed by atoms with van der Waals surface area (Å²) in [5.74, 6) is 0.777. The van der Waals surface area contributed by atoms with Crippen LogP contribution in [0.5, 0.6) is 0 Å². The first-order chi connectivity index (χ1) is 5.52. The van der Waals surface area contributed by atoms with E-state index in [2.05, 4.69) is 0 Å². The molecule has 70 valence electrons. The average Bonchev–Trinajstić information content (AvgIpc) is 1.92. The lowest BCUT2D eigenvalue weighted by Gasteiger charge is -2.48. The summed E-state index contributed by atoms with van der Waals surface area (Å²) in [7, 11) is -2.69. The highest BCUT2D eigenvalue weighted by atomic mass is 32.2. The molecule has 0 bridgehead atoms. The standard InChI is InChI=1S/C8H15NO2S/c9-7-5-8(6-7)1-3-12(10,11)4-2-8/h7H,1-6,9H2. The SMILES string of the molecule is NC1CC2(CCS(=O)(=O)CC2)C1. The fourth-order valence-corrected chi connectivity index (χ4v) is 4.12. The Morgan fingerprint density at radius 3 is 2.08 bits per heavy atom. The molecule has 1 spiro atoms. The molecule has 3 nitrogen and oxygen atoms in total. The van der Waals surface area contributed by atoms with Crippen molar-refractivity contribution in [2.45, 2.75) is 31.7 Å². The average molecular weight is 189 g/mol. The second-order valence-corrected chi connectivity index (χ2v) is 6.62. The van der Waals surface area contributed by atoms with Gasteiger partial charge in [0.05, 0.1) is 11.5 Å². The van der Waals surface area contributed by atoms with E-state index in [1.54, 1.807) is 0 Å².